The summed E-state index contributed by atoms with van der Waals surface area (Å²) in [4.78, 5) is 0. The number of hydrogen-bond acceptors (Lipinski definition) is 0. The Hall–Kier alpha value is -0.303. The zero-order valence-corrected chi connectivity index (χ0v) is 8.30. The monoisotopic (exact) mass is 152 g/mol. The van der Waals surface area contributed by atoms with Crippen molar-refractivity contribution in [1.82, 2.24) is 0 Å². The zero-order valence-electron chi connectivity index (χ0n) is 7.15. The molecule has 0 saturated heterocycles. The Balaban J connectivity index is 2.59. The predicted octanol–water partition coefficient (Wildman–Crippen LogP) is 2.61. The number of rotatable bonds is 2. The van der Waals surface area contributed by atoms with E-state index in [0.29, 0.717) is 0 Å². The van der Waals surface area contributed by atoms with Crippen molar-refractivity contribution in [2.45, 2.75) is 33.2 Å². The van der Waals surface area contributed by atoms with E-state index in [1.54, 1.807) is 5.20 Å². The second-order valence-corrected chi connectivity index (χ2v) is 6.16. The van der Waals surface area contributed by atoms with Gasteiger partial charge >= 0.3 is 0 Å². The summed E-state index contributed by atoms with van der Waals surface area (Å²) in [5, 5.41) is 1.71. The van der Waals surface area contributed by atoms with Crippen LogP contribution in [-0.2, 0) is 0 Å². The van der Waals surface area contributed by atoms with Gasteiger partial charge in [0.15, 0.2) is 0 Å². The summed E-state index contributed by atoms with van der Waals surface area (Å²) >= 11 is 0. The summed E-state index contributed by atoms with van der Waals surface area (Å²) in [6, 6.07) is 1.46. The minimum Gasteiger partial charge on any atom is -0.0930 e. The van der Waals surface area contributed by atoms with Crippen molar-refractivity contribution in [3.05, 3.63) is 22.5 Å². The minimum absolute atomic E-state index is 0.534. The summed E-state index contributed by atoms with van der Waals surface area (Å²) in [5.74, 6) is 0. The summed E-state index contributed by atoms with van der Waals surface area (Å²) in [6.07, 6.45) is 3.66. The number of allylic oxidation sites excluding steroid dienone is 3. The highest BCUT2D eigenvalue weighted by molar-refractivity contribution is 6.72. The fraction of sp³-hybridized carbons (Fsp3) is 0.556. The normalized spacial score (nSPS) is 24.5. The summed E-state index contributed by atoms with van der Waals surface area (Å²) in [7, 11) is -0.534. The molecule has 1 aliphatic rings. The molecule has 0 aliphatic carbocycles. The molecule has 56 valence electrons. The van der Waals surface area contributed by atoms with Crippen LogP contribution in [-0.4, -0.2) is 8.80 Å². The van der Waals surface area contributed by atoms with Gasteiger partial charge in [-0.15, -0.1) is 0 Å². The van der Waals surface area contributed by atoms with E-state index in [1.807, 2.05) is 0 Å². The van der Waals surface area contributed by atoms with Crippen LogP contribution in [0.1, 0.15) is 27.2 Å². The van der Waals surface area contributed by atoms with Gasteiger partial charge in [-0.05, 0) is 13.8 Å². The second-order valence-electron chi connectivity index (χ2n) is 3.12. The molecular formula is C9H16Si. The van der Waals surface area contributed by atoms with E-state index in [4.69, 9.17) is 0 Å². The van der Waals surface area contributed by atoms with Crippen LogP contribution in [0, 0.1) is 0 Å². The van der Waals surface area contributed by atoms with Crippen LogP contribution in [0.3, 0.4) is 0 Å². The molecule has 0 spiro atoms. The summed E-state index contributed by atoms with van der Waals surface area (Å²) in [6.45, 7) is 6.82. The molecule has 0 aromatic heterocycles. The van der Waals surface area contributed by atoms with Gasteiger partial charge in [-0.2, -0.15) is 0 Å². The third-order valence-corrected chi connectivity index (χ3v) is 5.78. The molecule has 0 amide bonds. The molecule has 1 atom stereocenters. The third-order valence-electron chi connectivity index (χ3n) is 2.36. The molecule has 0 aromatic rings. The van der Waals surface area contributed by atoms with Crippen LogP contribution in [0.2, 0.25) is 6.04 Å². The Morgan fingerprint density at radius 1 is 1.40 bits per heavy atom. The highest BCUT2D eigenvalue weighted by Gasteiger charge is 2.13. The lowest BCUT2D eigenvalue weighted by atomic mass is 10.3. The largest absolute Gasteiger partial charge is 0.0930 e. The molecule has 1 unspecified atom stereocenters. The van der Waals surface area contributed by atoms with Gasteiger partial charge in [0.25, 0.3) is 0 Å². The van der Waals surface area contributed by atoms with Crippen molar-refractivity contribution in [3.63, 3.8) is 0 Å². The Labute approximate surface area is 65.3 Å². The van der Waals surface area contributed by atoms with Crippen LogP contribution in [0.4, 0.5) is 0 Å². The lowest BCUT2D eigenvalue weighted by Gasteiger charge is -2.05. The van der Waals surface area contributed by atoms with Gasteiger partial charge in [0.05, 0.1) is 8.80 Å². The van der Waals surface area contributed by atoms with E-state index >= 15 is 0 Å². The maximum atomic E-state index is 2.47. The van der Waals surface area contributed by atoms with E-state index in [0.717, 1.165) is 0 Å². The molecule has 0 aromatic carbocycles. The van der Waals surface area contributed by atoms with E-state index in [-0.39, 0.29) is 0 Å². The minimum atomic E-state index is -0.534. The van der Waals surface area contributed by atoms with Crippen molar-refractivity contribution in [1.29, 1.82) is 0 Å². The van der Waals surface area contributed by atoms with Gasteiger partial charge in [-0.25, -0.2) is 0 Å². The average molecular weight is 152 g/mol. The molecule has 0 fully saturated rings. The summed E-state index contributed by atoms with van der Waals surface area (Å²) in [5.41, 5.74) is 4.00. The zero-order chi connectivity index (χ0) is 7.56. The smallest absolute Gasteiger partial charge is 0.0888 e. The second kappa shape index (κ2) is 3.20. The van der Waals surface area contributed by atoms with Gasteiger partial charge < -0.3 is 0 Å². The first-order valence-electron chi connectivity index (χ1n) is 4.11. The van der Waals surface area contributed by atoms with Crippen LogP contribution in [0.5, 0.6) is 0 Å². The van der Waals surface area contributed by atoms with Crippen LogP contribution in [0.25, 0.3) is 0 Å². The molecule has 0 saturated carbocycles. The fourth-order valence-electron chi connectivity index (χ4n) is 1.45. The van der Waals surface area contributed by atoms with Gasteiger partial charge in [0.2, 0.25) is 0 Å². The van der Waals surface area contributed by atoms with Crippen molar-refractivity contribution in [2.75, 3.05) is 0 Å². The van der Waals surface area contributed by atoms with Crippen molar-refractivity contribution < 1.29 is 0 Å². The standard InChI is InChI=1S/C9H16Si/c1-4-6-10-7-5-8(2)9(10)3/h5,7,10H,4,6H2,1-3H3. The number of hydrogen-bond donors (Lipinski definition) is 0. The maximum Gasteiger partial charge on any atom is 0.0888 e. The highest BCUT2D eigenvalue weighted by atomic mass is 28.3. The maximum absolute atomic E-state index is 2.47. The lowest BCUT2D eigenvalue weighted by molar-refractivity contribution is 1.07. The quantitative estimate of drug-likeness (QED) is 0.534. The van der Waals surface area contributed by atoms with E-state index in [1.165, 1.54) is 18.0 Å². The van der Waals surface area contributed by atoms with Gasteiger partial charge in [0, 0.05) is 0 Å². The Morgan fingerprint density at radius 3 is 2.50 bits per heavy atom. The molecular weight excluding hydrogens is 136 g/mol. The highest BCUT2D eigenvalue weighted by Crippen LogP contribution is 2.20. The van der Waals surface area contributed by atoms with E-state index < -0.39 is 8.80 Å². The lowest BCUT2D eigenvalue weighted by Crippen LogP contribution is -2.08. The Morgan fingerprint density at radius 2 is 2.10 bits per heavy atom. The van der Waals surface area contributed by atoms with Crippen molar-refractivity contribution in [3.8, 4) is 0 Å². The van der Waals surface area contributed by atoms with Crippen LogP contribution in [0.15, 0.2) is 22.5 Å². The SMILES string of the molecule is CCC[SiH]1C=CC(C)=C1C. The topological polar surface area (TPSA) is 0 Å². The molecule has 0 radical (unpaired) electrons. The molecule has 1 aliphatic heterocycles. The third kappa shape index (κ3) is 1.40. The van der Waals surface area contributed by atoms with Crippen LogP contribution >= 0.6 is 0 Å². The first kappa shape index (κ1) is 7.80. The summed E-state index contributed by atoms with van der Waals surface area (Å²) < 4.78 is 0. The van der Waals surface area contributed by atoms with Crippen molar-refractivity contribution >= 4 is 8.80 Å². The molecule has 0 bridgehead atoms. The Kier molecular flexibility index (Phi) is 2.49. The molecule has 1 heteroatoms. The molecule has 1 heterocycles. The molecule has 0 nitrogen and oxygen atoms in total. The van der Waals surface area contributed by atoms with E-state index in [9.17, 15) is 0 Å². The first-order chi connectivity index (χ1) is 4.75. The Bertz CT molecular complexity index is 177. The average Bonchev–Trinajstić information content (AvgIpc) is 2.20. The van der Waals surface area contributed by atoms with Crippen molar-refractivity contribution in [2.24, 2.45) is 0 Å². The molecule has 10 heavy (non-hydrogen) atoms. The molecule has 1 rings (SSSR count). The fourth-order valence-corrected chi connectivity index (χ4v) is 4.19. The first-order valence-corrected chi connectivity index (χ1v) is 6.17. The van der Waals surface area contributed by atoms with E-state index in [2.05, 4.69) is 32.5 Å². The molecule has 0 N–H and O–H groups in total. The van der Waals surface area contributed by atoms with Gasteiger partial charge in [0.1, 0.15) is 0 Å². The van der Waals surface area contributed by atoms with Crippen LogP contribution < -0.4 is 0 Å². The predicted molar refractivity (Wildman–Crippen MR) is 49.8 cm³/mol. The van der Waals surface area contributed by atoms with Gasteiger partial charge in [-0.3, -0.25) is 0 Å². The van der Waals surface area contributed by atoms with Gasteiger partial charge in [-0.1, -0.05) is 41.9 Å².